The molecule has 0 aromatic rings. The van der Waals surface area contributed by atoms with Gasteiger partial charge in [0.2, 0.25) is 0 Å². The minimum absolute atomic E-state index is 0.166. The predicted molar refractivity (Wildman–Crippen MR) is 68.2 cm³/mol. The maximum atomic E-state index is 12.0. The molecule has 100 valence electrons. The third-order valence-electron chi connectivity index (χ3n) is 3.59. The van der Waals surface area contributed by atoms with Crippen LogP contribution in [0.15, 0.2) is 12.2 Å². The second kappa shape index (κ2) is 4.41. The van der Waals surface area contributed by atoms with Crippen molar-refractivity contribution < 1.29 is 14.3 Å². The van der Waals surface area contributed by atoms with E-state index in [-0.39, 0.29) is 17.3 Å². The summed E-state index contributed by atoms with van der Waals surface area (Å²) in [5, 5.41) is 0. The van der Waals surface area contributed by atoms with Crippen molar-refractivity contribution in [2.75, 3.05) is 13.1 Å². The Morgan fingerprint density at radius 3 is 2.72 bits per heavy atom. The van der Waals surface area contributed by atoms with Crippen LogP contribution in [0.2, 0.25) is 0 Å². The van der Waals surface area contributed by atoms with E-state index in [2.05, 4.69) is 0 Å². The van der Waals surface area contributed by atoms with Gasteiger partial charge >= 0.3 is 6.09 Å². The van der Waals surface area contributed by atoms with Gasteiger partial charge in [-0.05, 0) is 46.1 Å². The van der Waals surface area contributed by atoms with Gasteiger partial charge in [-0.2, -0.15) is 0 Å². The molecule has 0 radical (unpaired) electrons. The summed E-state index contributed by atoms with van der Waals surface area (Å²) in [4.78, 5) is 25.6. The van der Waals surface area contributed by atoms with E-state index in [1.807, 2.05) is 26.8 Å². The fourth-order valence-corrected chi connectivity index (χ4v) is 2.61. The molecule has 1 unspecified atom stereocenters. The van der Waals surface area contributed by atoms with E-state index in [1.165, 1.54) is 0 Å². The molecule has 1 aliphatic carbocycles. The maximum Gasteiger partial charge on any atom is 0.410 e. The van der Waals surface area contributed by atoms with Crippen LogP contribution in [-0.2, 0) is 9.53 Å². The summed E-state index contributed by atoms with van der Waals surface area (Å²) in [5.41, 5.74) is -0.824. The van der Waals surface area contributed by atoms with Gasteiger partial charge in [-0.15, -0.1) is 0 Å². The lowest BCUT2D eigenvalue weighted by Crippen LogP contribution is -2.39. The number of rotatable bonds is 0. The number of hydrogen-bond acceptors (Lipinski definition) is 3. The molecule has 1 amide bonds. The summed E-state index contributed by atoms with van der Waals surface area (Å²) in [7, 11) is 0. The number of amides is 1. The van der Waals surface area contributed by atoms with Crippen LogP contribution in [0, 0.1) is 5.41 Å². The molecule has 0 bridgehead atoms. The average Bonchev–Trinajstić information content (AvgIpc) is 2.66. The van der Waals surface area contributed by atoms with Gasteiger partial charge in [0.15, 0.2) is 5.78 Å². The number of nitrogens with zero attached hydrogens (tertiary/aromatic N) is 1. The van der Waals surface area contributed by atoms with Crippen LogP contribution in [0.25, 0.3) is 0 Å². The lowest BCUT2D eigenvalue weighted by Gasteiger charge is -2.29. The number of ether oxygens (including phenoxy) is 1. The van der Waals surface area contributed by atoms with Crippen molar-refractivity contribution in [1.82, 2.24) is 4.90 Å². The number of carbonyl (C=O) groups excluding carboxylic acids is 2. The van der Waals surface area contributed by atoms with E-state index in [9.17, 15) is 9.59 Å². The first kappa shape index (κ1) is 13.1. The van der Waals surface area contributed by atoms with E-state index >= 15 is 0 Å². The van der Waals surface area contributed by atoms with E-state index in [0.717, 1.165) is 19.3 Å². The van der Waals surface area contributed by atoms with Gasteiger partial charge in [0.05, 0.1) is 5.41 Å². The van der Waals surface area contributed by atoms with Gasteiger partial charge < -0.3 is 9.64 Å². The van der Waals surface area contributed by atoms with Crippen molar-refractivity contribution >= 4 is 11.9 Å². The molecule has 0 saturated carbocycles. The smallest absolute Gasteiger partial charge is 0.410 e. The number of allylic oxidation sites excluding steroid dienone is 2. The molecule has 0 aromatic heterocycles. The Kier molecular flexibility index (Phi) is 3.21. The van der Waals surface area contributed by atoms with Gasteiger partial charge in [0.25, 0.3) is 0 Å². The summed E-state index contributed by atoms with van der Waals surface area (Å²) in [6, 6.07) is 0. The molecular formula is C14H21NO3. The fourth-order valence-electron chi connectivity index (χ4n) is 2.61. The number of likely N-dealkylation sites (tertiary alicyclic amines) is 1. The Morgan fingerprint density at radius 2 is 2.11 bits per heavy atom. The molecule has 2 rings (SSSR count). The molecule has 18 heavy (non-hydrogen) atoms. The zero-order chi connectivity index (χ0) is 13.4. The van der Waals surface area contributed by atoms with Crippen molar-refractivity contribution in [1.29, 1.82) is 0 Å². The molecule has 0 aromatic carbocycles. The molecule has 2 aliphatic rings. The molecular weight excluding hydrogens is 230 g/mol. The molecule has 1 aliphatic heterocycles. The summed E-state index contributed by atoms with van der Waals surface area (Å²) in [6.45, 7) is 6.68. The number of hydrogen-bond donors (Lipinski definition) is 0. The molecule has 1 atom stereocenters. The highest BCUT2D eigenvalue weighted by atomic mass is 16.6. The highest BCUT2D eigenvalue weighted by Gasteiger charge is 2.45. The maximum absolute atomic E-state index is 12.0. The third kappa shape index (κ3) is 2.57. The Balaban J connectivity index is 2.02. The van der Waals surface area contributed by atoms with Crippen LogP contribution >= 0.6 is 0 Å². The number of carbonyl (C=O) groups is 2. The molecule has 1 spiro atoms. The van der Waals surface area contributed by atoms with Crippen molar-refractivity contribution in [2.45, 2.75) is 45.6 Å². The van der Waals surface area contributed by atoms with E-state index in [4.69, 9.17) is 4.74 Å². The molecule has 1 heterocycles. The second-order valence-corrected chi connectivity index (χ2v) is 6.24. The lowest BCUT2D eigenvalue weighted by molar-refractivity contribution is -0.124. The highest BCUT2D eigenvalue weighted by molar-refractivity contribution is 5.96. The summed E-state index contributed by atoms with van der Waals surface area (Å²) in [5.74, 6) is 0.166. The quantitative estimate of drug-likeness (QED) is 0.664. The van der Waals surface area contributed by atoms with E-state index in [0.29, 0.717) is 13.1 Å². The lowest BCUT2D eigenvalue weighted by atomic mass is 9.75. The van der Waals surface area contributed by atoms with Gasteiger partial charge in [-0.25, -0.2) is 4.79 Å². The predicted octanol–water partition coefficient (Wildman–Crippen LogP) is 2.53. The van der Waals surface area contributed by atoms with Crippen LogP contribution in [0.1, 0.15) is 40.0 Å². The first-order chi connectivity index (χ1) is 8.32. The first-order valence-corrected chi connectivity index (χ1v) is 6.51. The minimum atomic E-state index is -0.483. The summed E-state index contributed by atoms with van der Waals surface area (Å²) < 4.78 is 5.35. The standard InChI is InChI=1S/C14H21NO3/c1-13(2,3)18-12(17)15-9-8-14(10-15)7-5-4-6-11(14)16/h4,6H,5,7-10H2,1-3H3. The SMILES string of the molecule is CC(C)(C)OC(=O)N1CCC2(CCC=CC2=O)C1. The Labute approximate surface area is 108 Å². The second-order valence-electron chi connectivity index (χ2n) is 6.24. The van der Waals surface area contributed by atoms with Crippen LogP contribution < -0.4 is 0 Å². The summed E-state index contributed by atoms with van der Waals surface area (Å²) in [6.07, 6.45) is 5.82. The molecule has 1 fully saturated rings. The van der Waals surface area contributed by atoms with E-state index < -0.39 is 5.60 Å². The third-order valence-corrected chi connectivity index (χ3v) is 3.59. The zero-order valence-corrected chi connectivity index (χ0v) is 11.4. The Hall–Kier alpha value is -1.32. The van der Waals surface area contributed by atoms with Gasteiger partial charge in [0.1, 0.15) is 5.60 Å². The Morgan fingerprint density at radius 1 is 1.39 bits per heavy atom. The monoisotopic (exact) mass is 251 g/mol. The van der Waals surface area contributed by atoms with Crippen LogP contribution in [-0.4, -0.2) is 35.5 Å². The van der Waals surface area contributed by atoms with E-state index in [1.54, 1.807) is 11.0 Å². The zero-order valence-electron chi connectivity index (χ0n) is 11.4. The average molecular weight is 251 g/mol. The first-order valence-electron chi connectivity index (χ1n) is 6.51. The van der Waals surface area contributed by atoms with Gasteiger partial charge in [-0.1, -0.05) is 6.08 Å². The molecule has 1 saturated heterocycles. The molecule has 0 N–H and O–H groups in total. The fraction of sp³-hybridized carbons (Fsp3) is 0.714. The Bertz CT molecular complexity index is 394. The van der Waals surface area contributed by atoms with Crippen molar-refractivity contribution in [3.05, 3.63) is 12.2 Å². The summed E-state index contributed by atoms with van der Waals surface area (Å²) >= 11 is 0. The van der Waals surface area contributed by atoms with Crippen LogP contribution in [0.5, 0.6) is 0 Å². The van der Waals surface area contributed by atoms with Crippen molar-refractivity contribution in [2.24, 2.45) is 5.41 Å². The molecule has 4 nitrogen and oxygen atoms in total. The highest BCUT2D eigenvalue weighted by Crippen LogP contribution is 2.39. The largest absolute Gasteiger partial charge is 0.444 e. The van der Waals surface area contributed by atoms with Crippen molar-refractivity contribution in [3.8, 4) is 0 Å². The van der Waals surface area contributed by atoms with Crippen LogP contribution in [0.4, 0.5) is 4.79 Å². The van der Waals surface area contributed by atoms with Crippen LogP contribution in [0.3, 0.4) is 0 Å². The molecule has 4 heteroatoms. The van der Waals surface area contributed by atoms with Gasteiger partial charge in [-0.3, -0.25) is 4.79 Å². The van der Waals surface area contributed by atoms with Crippen molar-refractivity contribution in [3.63, 3.8) is 0 Å². The number of ketones is 1. The topological polar surface area (TPSA) is 46.6 Å². The normalized spacial score (nSPS) is 27.9. The minimum Gasteiger partial charge on any atom is -0.444 e. The van der Waals surface area contributed by atoms with Gasteiger partial charge in [0, 0.05) is 13.1 Å².